The molecule has 10 nitrogen and oxygen atoms in total. The van der Waals surface area contributed by atoms with Gasteiger partial charge in [0.25, 0.3) is 0 Å². The van der Waals surface area contributed by atoms with Crippen molar-refractivity contribution in [3.05, 3.63) is 101 Å². The lowest BCUT2D eigenvalue weighted by atomic mass is 10.0. The van der Waals surface area contributed by atoms with Gasteiger partial charge in [-0.15, -0.1) is 0 Å². The van der Waals surface area contributed by atoms with Crippen LogP contribution in [-0.4, -0.2) is 71.8 Å². The van der Waals surface area contributed by atoms with Crippen molar-refractivity contribution < 1.29 is 33.6 Å². The van der Waals surface area contributed by atoms with Crippen LogP contribution in [0.3, 0.4) is 0 Å². The van der Waals surface area contributed by atoms with Crippen molar-refractivity contribution in [1.29, 1.82) is 0 Å². The number of ether oxygens (including phenoxy) is 5. The van der Waals surface area contributed by atoms with E-state index in [1.807, 2.05) is 65.2 Å². The first-order chi connectivity index (χ1) is 24.1. The molecular formula is C38H40ClN3O7Si. The van der Waals surface area contributed by atoms with E-state index in [9.17, 15) is 9.90 Å². The Morgan fingerprint density at radius 3 is 2.32 bits per heavy atom. The van der Waals surface area contributed by atoms with E-state index in [2.05, 4.69) is 19.6 Å². The smallest absolute Gasteiger partial charge is 0.335 e. The maximum Gasteiger partial charge on any atom is 0.335 e. The summed E-state index contributed by atoms with van der Waals surface area (Å²) >= 11 is 6.89. The van der Waals surface area contributed by atoms with E-state index in [1.165, 1.54) is 0 Å². The van der Waals surface area contributed by atoms with Crippen molar-refractivity contribution >= 4 is 36.8 Å². The van der Waals surface area contributed by atoms with Gasteiger partial charge in [-0.3, -0.25) is 4.57 Å². The standard InChI is InChI=1S/C38H40ClN3O7Si/c1-50(2,3)18-17-45-23-42-31-20-30(39)34(26-13-9-24(10-14-26)25-11-15-27(16-12-25)36(43)44)40-35(31)41-38(42)48-29-19-32-33(46-21-29)22-47-37(49-32)28-7-5-4-6-8-28/h4-16,20,29,32-33,37H,17-19,21-23H2,1-3H3,(H,43,44)/t29-,32+,33-,37?/m1/s1. The summed E-state index contributed by atoms with van der Waals surface area (Å²) in [6.45, 7) is 8.65. The number of pyridine rings is 1. The highest BCUT2D eigenvalue weighted by molar-refractivity contribution is 6.76. The summed E-state index contributed by atoms with van der Waals surface area (Å²) in [4.78, 5) is 21.0. The van der Waals surface area contributed by atoms with Crippen molar-refractivity contribution in [3.63, 3.8) is 0 Å². The second-order valence-corrected chi connectivity index (χ2v) is 19.9. The molecule has 1 N–H and O–H groups in total. The quantitative estimate of drug-likeness (QED) is 0.107. The Balaban J connectivity index is 1.13. The lowest BCUT2D eigenvalue weighted by Gasteiger charge is -2.41. The molecule has 0 spiro atoms. The first-order valence-electron chi connectivity index (χ1n) is 16.8. The largest absolute Gasteiger partial charge is 0.478 e. The molecule has 0 radical (unpaired) electrons. The Hall–Kier alpha value is -4.10. The maximum absolute atomic E-state index is 11.3. The summed E-state index contributed by atoms with van der Waals surface area (Å²) in [7, 11) is -1.29. The number of carboxylic acids is 1. The van der Waals surface area contributed by atoms with Gasteiger partial charge in [0.1, 0.15) is 18.9 Å². The van der Waals surface area contributed by atoms with Gasteiger partial charge in [-0.25, -0.2) is 9.78 Å². The van der Waals surface area contributed by atoms with Crippen LogP contribution in [0.15, 0.2) is 84.9 Å². The minimum atomic E-state index is -1.29. The van der Waals surface area contributed by atoms with Gasteiger partial charge in [0.2, 0.25) is 0 Å². The third-order valence-electron chi connectivity index (χ3n) is 8.96. The van der Waals surface area contributed by atoms with Crippen molar-refractivity contribution in [3.8, 4) is 28.4 Å². The zero-order valence-electron chi connectivity index (χ0n) is 28.3. The fourth-order valence-electron chi connectivity index (χ4n) is 6.09. The van der Waals surface area contributed by atoms with Gasteiger partial charge < -0.3 is 28.8 Å². The summed E-state index contributed by atoms with van der Waals surface area (Å²) in [6.07, 6.45) is -0.523. The molecule has 2 aromatic heterocycles. The van der Waals surface area contributed by atoms with Crippen molar-refractivity contribution in [1.82, 2.24) is 14.5 Å². The molecule has 0 aliphatic carbocycles. The number of nitrogens with zero attached hydrogens (tertiary/aromatic N) is 3. The molecule has 1 unspecified atom stereocenters. The average molecular weight is 714 g/mol. The molecule has 4 heterocycles. The number of rotatable bonds is 11. The van der Waals surface area contributed by atoms with E-state index in [-0.39, 0.29) is 30.6 Å². The fraction of sp³-hybridized carbons (Fsp3) is 0.342. The van der Waals surface area contributed by atoms with Crippen molar-refractivity contribution in [2.24, 2.45) is 0 Å². The monoisotopic (exact) mass is 713 g/mol. The van der Waals surface area contributed by atoms with Gasteiger partial charge in [-0.1, -0.05) is 98.0 Å². The van der Waals surface area contributed by atoms with E-state index in [1.54, 1.807) is 24.3 Å². The summed E-state index contributed by atoms with van der Waals surface area (Å²) in [6, 6.07) is 27.8. The molecule has 2 saturated heterocycles. The van der Waals surface area contributed by atoms with Crippen molar-refractivity contribution in [2.45, 2.75) is 63.4 Å². The van der Waals surface area contributed by atoms with Gasteiger partial charge in [-0.05, 0) is 35.4 Å². The van der Waals surface area contributed by atoms with Gasteiger partial charge in [0.15, 0.2) is 11.9 Å². The van der Waals surface area contributed by atoms with Crippen LogP contribution in [0.4, 0.5) is 0 Å². The maximum atomic E-state index is 11.3. The first-order valence-corrected chi connectivity index (χ1v) is 20.9. The van der Waals surface area contributed by atoms with Crippen molar-refractivity contribution in [2.75, 3.05) is 19.8 Å². The topological polar surface area (TPSA) is 114 Å². The molecule has 2 aliphatic heterocycles. The number of hydrogen-bond acceptors (Lipinski definition) is 8. The van der Waals surface area contributed by atoms with Gasteiger partial charge in [0, 0.05) is 32.2 Å². The van der Waals surface area contributed by atoms with Crippen LogP contribution in [0.1, 0.15) is 28.6 Å². The number of halogens is 1. The number of carbonyl (C=O) groups is 1. The van der Waals surface area contributed by atoms with Crippen LogP contribution >= 0.6 is 11.6 Å². The highest BCUT2D eigenvalue weighted by Crippen LogP contribution is 2.35. The molecule has 0 amide bonds. The van der Waals surface area contributed by atoms with Crippen LogP contribution < -0.4 is 4.74 Å². The Labute approximate surface area is 296 Å². The molecular weight excluding hydrogens is 674 g/mol. The van der Waals surface area contributed by atoms with Gasteiger partial charge in [0.05, 0.1) is 41.1 Å². The van der Waals surface area contributed by atoms with Crippen LogP contribution in [0.25, 0.3) is 33.5 Å². The Kier molecular flexibility index (Phi) is 10.1. The molecule has 3 aromatic carbocycles. The van der Waals surface area contributed by atoms with Crippen LogP contribution in [0.5, 0.6) is 6.01 Å². The molecule has 0 bridgehead atoms. The van der Waals surface area contributed by atoms with E-state index >= 15 is 0 Å². The number of fused-ring (bicyclic) bond motifs is 2. The molecule has 260 valence electrons. The number of benzene rings is 3. The Bertz CT molecular complexity index is 1950. The second-order valence-electron chi connectivity index (χ2n) is 13.9. The molecule has 5 aromatic rings. The zero-order valence-corrected chi connectivity index (χ0v) is 30.0. The highest BCUT2D eigenvalue weighted by Gasteiger charge is 2.40. The molecule has 2 fully saturated rings. The molecule has 12 heteroatoms. The summed E-state index contributed by atoms with van der Waals surface area (Å²) in [5, 5.41) is 9.70. The molecule has 7 rings (SSSR count). The Morgan fingerprint density at radius 2 is 1.62 bits per heavy atom. The zero-order chi connectivity index (χ0) is 34.8. The van der Waals surface area contributed by atoms with E-state index < -0.39 is 20.3 Å². The number of imidazole rings is 1. The second kappa shape index (κ2) is 14.6. The number of hydrogen-bond donors (Lipinski definition) is 1. The molecule has 4 atom stereocenters. The van der Waals surface area contributed by atoms with Crippen LogP contribution in [-0.2, 0) is 25.7 Å². The summed E-state index contributed by atoms with van der Waals surface area (Å²) in [5.41, 5.74) is 5.67. The first kappa shape index (κ1) is 34.4. The van der Waals surface area contributed by atoms with E-state index in [0.717, 1.165) is 28.3 Å². The number of carboxylic acid groups (broad SMARTS) is 1. The normalized spacial score (nSPS) is 20.8. The van der Waals surface area contributed by atoms with Gasteiger partial charge >= 0.3 is 12.0 Å². The molecule has 2 aliphatic rings. The summed E-state index contributed by atoms with van der Waals surface area (Å²) in [5.74, 6) is -0.955. The number of aromatic carboxylic acids is 1. The highest BCUT2D eigenvalue weighted by atomic mass is 35.5. The predicted molar refractivity (Wildman–Crippen MR) is 193 cm³/mol. The van der Waals surface area contributed by atoms with Gasteiger partial charge in [-0.2, -0.15) is 4.98 Å². The van der Waals surface area contributed by atoms with Crippen LogP contribution in [0, 0.1) is 0 Å². The Morgan fingerprint density at radius 1 is 0.920 bits per heavy atom. The third kappa shape index (κ3) is 7.78. The fourth-order valence-corrected chi connectivity index (χ4v) is 7.11. The van der Waals surface area contributed by atoms with E-state index in [0.29, 0.717) is 54.1 Å². The molecule has 50 heavy (non-hydrogen) atoms. The minimum absolute atomic E-state index is 0.169. The number of aromatic nitrogens is 3. The lowest BCUT2D eigenvalue weighted by Crippen LogP contribution is -2.50. The predicted octanol–water partition coefficient (Wildman–Crippen LogP) is 8.08. The third-order valence-corrected chi connectivity index (χ3v) is 11.0. The minimum Gasteiger partial charge on any atom is -0.478 e. The van der Waals surface area contributed by atoms with Crippen LogP contribution in [0.2, 0.25) is 30.7 Å². The van der Waals surface area contributed by atoms with E-state index in [4.69, 9.17) is 45.3 Å². The summed E-state index contributed by atoms with van der Waals surface area (Å²) < 4.78 is 33.1. The molecule has 0 saturated carbocycles. The SMILES string of the molecule is C[Si](C)(C)CCOCn1c(O[C@H]2CO[C@@H]3COC(c4ccccc4)O[C@H]3C2)nc2nc(-c3ccc(-c4ccc(C(=O)O)cc4)cc3)c(Cl)cc21. The average Bonchev–Trinajstić information content (AvgIpc) is 3.44. The lowest BCUT2D eigenvalue weighted by molar-refractivity contribution is -0.286.